The van der Waals surface area contributed by atoms with E-state index in [-0.39, 0.29) is 5.75 Å². The zero-order valence-electron chi connectivity index (χ0n) is 11.6. The van der Waals surface area contributed by atoms with Crippen molar-refractivity contribution in [2.75, 3.05) is 45.2 Å². The van der Waals surface area contributed by atoms with Crippen molar-refractivity contribution in [1.29, 1.82) is 0 Å². The number of rotatable bonds is 8. The first-order valence-corrected chi connectivity index (χ1v) is 8.01. The molecule has 0 heterocycles. The molecular formula is C13H23N3O2S. The Morgan fingerprint density at radius 2 is 1.79 bits per heavy atom. The first-order valence-electron chi connectivity index (χ1n) is 6.35. The highest BCUT2D eigenvalue weighted by atomic mass is 32.2. The van der Waals surface area contributed by atoms with Crippen molar-refractivity contribution in [3.05, 3.63) is 24.3 Å². The highest BCUT2D eigenvalue weighted by Crippen LogP contribution is 2.12. The summed E-state index contributed by atoms with van der Waals surface area (Å²) in [5.41, 5.74) is 6.11. The number of sulfone groups is 1. The maximum absolute atomic E-state index is 12.0. The van der Waals surface area contributed by atoms with Gasteiger partial charge in [0.15, 0.2) is 9.84 Å². The maximum atomic E-state index is 12.0. The maximum Gasteiger partial charge on any atom is 0.179 e. The Balaban J connectivity index is 2.33. The smallest absolute Gasteiger partial charge is 0.179 e. The van der Waals surface area contributed by atoms with Crippen LogP contribution < -0.4 is 11.1 Å². The molecule has 0 fully saturated rings. The molecule has 0 aromatic heterocycles. The van der Waals surface area contributed by atoms with Gasteiger partial charge in [-0.15, -0.1) is 0 Å². The molecule has 5 nitrogen and oxygen atoms in total. The topological polar surface area (TPSA) is 75.4 Å². The predicted molar refractivity (Wildman–Crippen MR) is 78.9 cm³/mol. The molecule has 0 aliphatic carbocycles. The molecule has 19 heavy (non-hydrogen) atoms. The Bertz CT molecular complexity index is 469. The number of anilines is 1. The molecule has 3 N–H and O–H groups in total. The van der Waals surface area contributed by atoms with Crippen molar-refractivity contribution >= 4 is 15.5 Å². The molecule has 1 rings (SSSR count). The molecule has 1 aromatic rings. The fraction of sp³-hybridized carbons (Fsp3) is 0.538. The molecule has 0 aliphatic rings. The highest BCUT2D eigenvalue weighted by molar-refractivity contribution is 7.91. The van der Waals surface area contributed by atoms with E-state index >= 15 is 0 Å². The summed E-state index contributed by atoms with van der Waals surface area (Å²) in [6, 6.07) is 6.32. The van der Waals surface area contributed by atoms with E-state index in [2.05, 4.69) is 10.2 Å². The number of nitrogens with zero attached hydrogens (tertiary/aromatic N) is 1. The van der Waals surface area contributed by atoms with Gasteiger partial charge in [-0.05, 0) is 57.9 Å². The molecule has 0 aliphatic heterocycles. The summed E-state index contributed by atoms with van der Waals surface area (Å²) < 4.78 is 24.0. The second-order valence-corrected chi connectivity index (χ2v) is 6.90. The van der Waals surface area contributed by atoms with Crippen molar-refractivity contribution in [3.8, 4) is 0 Å². The molecule has 0 saturated carbocycles. The fourth-order valence-corrected chi connectivity index (χ4v) is 2.84. The molecule has 0 atom stereocenters. The lowest BCUT2D eigenvalue weighted by Gasteiger charge is -2.10. The molecule has 0 bridgehead atoms. The summed E-state index contributed by atoms with van der Waals surface area (Å²) in [6.07, 6.45) is 1.01. The Labute approximate surface area is 115 Å². The quantitative estimate of drug-likeness (QED) is 0.540. The van der Waals surface area contributed by atoms with E-state index in [1.807, 2.05) is 14.1 Å². The SMILES string of the molecule is CN(C)CCCNCCS(=O)(=O)c1ccc(N)cc1. The lowest BCUT2D eigenvalue weighted by atomic mass is 10.3. The Morgan fingerprint density at radius 3 is 2.37 bits per heavy atom. The molecular weight excluding hydrogens is 262 g/mol. The predicted octanol–water partition coefficient (Wildman–Crippen LogP) is 0.584. The van der Waals surface area contributed by atoms with E-state index in [4.69, 9.17) is 5.73 Å². The van der Waals surface area contributed by atoms with Crippen LogP contribution in [0.4, 0.5) is 5.69 Å². The van der Waals surface area contributed by atoms with Crippen LogP contribution in [0.3, 0.4) is 0 Å². The second-order valence-electron chi connectivity index (χ2n) is 4.79. The van der Waals surface area contributed by atoms with Crippen molar-refractivity contribution in [2.24, 2.45) is 0 Å². The van der Waals surface area contributed by atoms with Crippen LogP contribution in [0.15, 0.2) is 29.2 Å². The molecule has 1 aromatic carbocycles. The fourth-order valence-electron chi connectivity index (χ4n) is 1.64. The van der Waals surface area contributed by atoms with Gasteiger partial charge in [-0.25, -0.2) is 8.42 Å². The minimum absolute atomic E-state index is 0.110. The Kier molecular flexibility index (Phi) is 6.27. The van der Waals surface area contributed by atoms with Crippen molar-refractivity contribution in [1.82, 2.24) is 10.2 Å². The van der Waals surface area contributed by atoms with Crippen molar-refractivity contribution < 1.29 is 8.42 Å². The molecule has 0 unspecified atom stereocenters. The van der Waals surface area contributed by atoms with E-state index < -0.39 is 9.84 Å². The van der Waals surface area contributed by atoms with Gasteiger partial charge in [-0.1, -0.05) is 0 Å². The third-order valence-electron chi connectivity index (χ3n) is 2.75. The summed E-state index contributed by atoms with van der Waals surface area (Å²) in [4.78, 5) is 2.43. The Morgan fingerprint density at radius 1 is 1.16 bits per heavy atom. The van der Waals surface area contributed by atoms with Crippen molar-refractivity contribution in [2.45, 2.75) is 11.3 Å². The minimum Gasteiger partial charge on any atom is -0.399 e. The van der Waals surface area contributed by atoms with Crippen LogP contribution in [0, 0.1) is 0 Å². The highest BCUT2D eigenvalue weighted by Gasteiger charge is 2.13. The molecule has 0 saturated heterocycles. The molecule has 108 valence electrons. The lowest BCUT2D eigenvalue weighted by molar-refractivity contribution is 0.395. The number of nitrogen functional groups attached to an aromatic ring is 1. The van der Waals surface area contributed by atoms with E-state index in [0.29, 0.717) is 17.1 Å². The zero-order valence-corrected chi connectivity index (χ0v) is 12.4. The summed E-state index contributed by atoms with van der Waals surface area (Å²) in [7, 11) is 0.830. The molecule has 0 radical (unpaired) electrons. The van der Waals surface area contributed by atoms with Crippen LogP contribution in [-0.2, 0) is 9.84 Å². The van der Waals surface area contributed by atoms with Gasteiger partial charge < -0.3 is 16.0 Å². The monoisotopic (exact) mass is 285 g/mol. The van der Waals surface area contributed by atoms with Crippen LogP contribution in [0.5, 0.6) is 0 Å². The van der Waals surface area contributed by atoms with E-state index in [0.717, 1.165) is 19.5 Å². The van der Waals surface area contributed by atoms with Gasteiger partial charge in [0, 0.05) is 12.2 Å². The third-order valence-corrected chi connectivity index (χ3v) is 4.48. The third kappa shape index (κ3) is 6.04. The zero-order chi connectivity index (χ0) is 14.3. The first-order chi connectivity index (χ1) is 8.92. The molecule has 0 amide bonds. The van der Waals surface area contributed by atoms with Gasteiger partial charge in [-0.3, -0.25) is 0 Å². The normalized spacial score (nSPS) is 11.9. The van der Waals surface area contributed by atoms with E-state index in [1.165, 1.54) is 0 Å². The van der Waals surface area contributed by atoms with Gasteiger partial charge in [0.2, 0.25) is 0 Å². The number of nitrogens with one attached hydrogen (secondary N) is 1. The van der Waals surface area contributed by atoms with E-state index in [9.17, 15) is 8.42 Å². The summed E-state index contributed by atoms with van der Waals surface area (Å²) in [5.74, 6) is 0.110. The van der Waals surface area contributed by atoms with Crippen LogP contribution in [0.25, 0.3) is 0 Å². The minimum atomic E-state index is -3.21. The summed E-state index contributed by atoms with van der Waals surface area (Å²) in [6.45, 7) is 2.30. The van der Waals surface area contributed by atoms with Gasteiger partial charge in [0.1, 0.15) is 0 Å². The number of nitrogens with two attached hydrogens (primary N) is 1. The molecule has 0 spiro atoms. The van der Waals surface area contributed by atoms with E-state index in [1.54, 1.807) is 24.3 Å². The van der Waals surface area contributed by atoms with Gasteiger partial charge in [0.05, 0.1) is 10.6 Å². The van der Waals surface area contributed by atoms with Crippen LogP contribution in [0.2, 0.25) is 0 Å². The average molecular weight is 285 g/mol. The van der Waals surface area contributed by atoms with Crippen LogP contribution in [0.1, 0.15) is 6.42 Å². The average Bonchev–Trinajstić information content (AvgIpc) is 2.34. The number of benzene rings is 1. The van der Waals surface area contributed by atoms with Crippen LogP contribution in [-0.4, -0.2) is 52.8 Å². The lowest BCUT2D eigenvalue weighted by Crippen LogP contribution is -2.26. The number of hydrogen-bond donors (Lipinski definition) is 2. The Hall–Kier alpha value is -1.11. The number of hydrogen-bond acceptors (Lipinski definition) is 5. The summed E-state index contributed by atoms with van der Waals surface area (Å²) in [5, 5.41) is 3.15. The largest absolute Gasteiger partial charge is 0.399 e. The first kappa shape index (κ1) is 15.9. The molecule has 6 heteroatoms. The standard InChI is InChI=1S/C13H23N3O2S/c1-16(2)10-3-8-15-9-11-19(17,18)13-6-4-12(14)5-7-13/h4-7,15H,3,8-11,14H2,1-2H3. The van der Waals surface area contributed by atoms with Crippen LogP contribution >= 0.6 is 0 Å². The second kappa shape index (κ2) is 7.47. The van der Waals surface area contributed by atoms with Gasteiger partial charge >= 0.3 is 0 Å². The summed E-state index contributed by atoms with van der Waals surface area (Å²) >= 11 is 0. The van der Waals surface area contributed by atoms with Gasteiger partial charge in [0.25, 0.3) is 0 Å². The van der Waals surface area contributed by atoms with Crippen molar-refractivity contribution in [3.63, 3.8) is 0 Å². The van der Waals surface area contributed by atoms with Gasteiger partial charge in [-0.2, -0.15) is 0 Å².